The van der Waals surface area contributed by atoms with Crippen molar-refractivity contribution < 1.29 is 14.3 Å². The fraction of sp³-hybridized carbons (Fsp3) is 0.333. The molecule has 0 bridgehead atoms. The van der Waals surface area contributed by atoms with E-state index >= 15 is 0 Å². The maximum atomic E-state index is 13.1. The van der Waals surface area contributed by atoms with Gasteiger partial charge in [0, 0.05) is 29.9 Å². The van der Waals surface area contributed by atoms with Crippen molar-refractivity contribution in [2.45, 2.75) is 33.9 Å². The van der Waals surface area contributed by atoms with Crippen LogP contribution in [0, 0.1) is 13.8 Å². The van der Waals surface area contributed by atoms with E-state index in [1.54, 1.807) is 0 Å². The highest BCUT2D eigenvalue weighted by molar-refractivity contribution is 5.94. The van der Waals surface area contributed by atoms with Gasteiger partial charge in [0.05, 0.1) is 12.2 Å². The Hall–Kier alpha value is -3.28. The maximum Gasteiger partial charge on any atom is 0.254 e. The van der Waals surface area contributed by atoms with E-state index in [-0.39, 0.29) is 5.91 Å². The number of amides is 1. The average Bonchev–Trinajstić information content (AvgIpc) is 3.08. The molecule has 0 aliphatic carbocycles. The predicted octanol–water partition coefficient (Wildman–Crippen LogP) is 3.98. The summed E-state index contributed by atoms with van der Waals surface area (Å²) in [7, 11) is 0. The molecule has 6 heteroatoms. The van der Waals surface area contributed by atoms with Gasteiger partial charge in [0.2, 0.25) is 0 Å². The number of hydrogen-bond donors (Lipinski definition) is 0. The molecule has 1 aromatic heterocycles. The molecule has 0 saturated carbocycles. The maximum absolute atomic E-state index is 13.1. The molecule has 1 amide bonds. The number of carbonyl (C=O) groups excluding carboxylic acids is 1. The Balaban J connectivity index is 1.48. The lowest BCUT2D eigenvalue weighted by molar-refractivity contribution is 0.0749. The van der Waals surface area contributed by atoms with Crippen LogP contribution in [-0.4, -0.2) is 40.3 Å². The Bertz CT molecular complexity index is 1040. The minimum absolute atomic E-state index is 0.00416. The minimum Gasteiger partial charge on any atom is -0.486 e. The fourth-order valence-electron chi connectivity index (χ4n) is 3.73. The number of carbonyl (C=O) groups is 1. The summed E-state index contributed by atoms with van der Waals surface area (Å²) >= 11 is 0. The third kappa shape index (κ3) is 4.17. The van der Waals surface area contributed by atoms with Gasteiger partial charge in [-0.05, 0) is 50.6 Å². The molecule has 0 atom stereocenters. The zero-order valence-electron chi connectivity index (χ0n) is 17.7. The summed E-state index contributed by atoms with van der Waals surface area (Å²) < 4.78 is 13.4. The molecular formula is C24H27N3O3. The van der Waals surface area contributed by atoms with Crippen molar-refractivity contribution >= 4 is 5.91 Å². The second kappa shape index (κ2) is 8.61. The number of hydrogen-bond acceptors (Lipinski definition) is 4. The van der Waals surface area contributed by atoms with E-state index in [0.717, 1.165) is 34.0 Å². The molecule has 2 heterocycles. The van der Waals surface area contributed by atoms with Gasteiger partial charge in [0.25, 0.3) is 5.91 Å². The van der Waals surface area contributed by atoms with E-state index in [1.165, 1.54) is 0 Å². The predicted molar refractivity (Wildman–Crippen MR) is 115 cm³/mol. The number of fused-ring (bicyclic) bond motifs is 1. The Morgan fingerprint density at radius 1 is 1.10 bits per heavy atom. The minimum atomic E-state index is 0.00416. The molecule has 0 fully saturated rings. The molecule has 0 saturated heterocycles. The molecule has 2 aromatic carbocycles. The summed E-state index contributed by atoms with van der Waals surface area (Å²) in [5.74, 6) is 1.50. The van der Waals surface area contributed by atoms with Gasteiger partial charge >= 0.3 is 0 Å². The molecule has 0 unspecified atom stereocenters. The van der Waals surface area contributed by atoms with Crippen molar-refractivity contribution in [3.8, 4) is 11.5 Å². The summed E-state index contributed by atoms with van der Waals surface area (Å²) in [6.45, 7) is 8.89. The number of para-hydroxylation sites is 1. The first-order valence-electron chi connectivity index (χ1n) is 10.3. The van der Waals surface area contributed by atoms with E-state index in [9.17, 15) is 4.79 Å². The zero-order chi connectivity index (χ0) is 21.1. The van der Waals surface area contributed by atoms with Crippen LogP contribution in [0.4, 0.5) is 0 Å². The van der Waals surface area contributed by atoms with Crippen LogP contribution in [0.15, 0.2) is 48.5 Å². The summed E-state index contributed by atoms with van der Waals surface area (Å²) in [5.41, 5.74) is 4.89. The van der Waals surface area contributed by atoms with Crippen LogP contribution < -0.4 is 9.47 Å². The molecule has 30 heavy (non-hydrogen) atoms. The van der Waals surface area contributed by atoms with Crippen LogP contribution in [-0.2, 0) is 13.1 Å². The van der Waals surface area contributed by atoms with Gasteiger partial charge in [-0.2, -0.15) is 5.10 Å². The molecule has 0 spiro atoms. The van der Waals surface area contributed by atoms with Gasteiger partial charge in [0.1, 0.15) is 13.2 Å². The highest BCUT2D eigenvalue weighted by Crippen LogP contribution is 2.34. The Morgan fingerprint density at radius 3 is 2.57 bits per heavy atom. The molecule has 6 nitrogen and oxygen atoms in total. The molecule has 1 aliphatic heterocycles. The Kier molecular flexibility index (Phi) is 5.74. The number of aromatic nitrogens is 2. The zero-order valence-corrected chi connectivity index (χ0v) is 17.7. The largest absolute Gasteiger partial charge is 0.486 e. The molecular weight excluding hydrogens is 378 g/mol. The van der Waals surface area contributed by atoms with Crippen LogP contribution in [0.5, 0.6) is 11.5 Å². The van der Waals surface area contributed by atoms with Gasteiger partial charge in [-0.15, -0.1) is 0 Å². The Labute approximate surface area is 177 Å². The Morgan fingerprint density at radius 2 is 1.87 bits per heavy atom. The molecule has 4 rings (SSSR count). The van der Waals surface area contributed by atoms with E-state index in [2.05, 4.69) is 11.2 Å². The van der Waals surface area contributed by atoms with Crippen molar-refractivity contribution in [2.24, 2.45) is 0 Å². The molecule has 1 aliphatic rings. The van der Waals surface area contributed by atoms with Gasteiger partial charge < -0.3 is 14.4 Å². The van der Waals surface area contributed by atoms with Crippen molar-refractivity contribution in [3.05, 3.63) is 76.6 Å². The van der Waals surface area contributed by atoms with Crippen LogP contribution >= 0.6 is 0 Å². The van der Waals surface area contributed by atoms with E-state index < -0.39 is 0 Å². The topological polar surface area (TPSA) is 56.6 Å². The highest BCUT2D eigenvalue weighted by Gasteiger charge is 2.20. The lowest BCUT2D eigenvalue weighted by Crippen LogP contribution is -2.31. The van der Waals surface area contributed by atoms with Gasteiger partial charge in [-0.3, -0.25) is 9.48 Å². The number of rotatable bonds is 6. The van der Waals surface area contributed by atoms with Gasteiger partial charge in [-0.25, -0.2) is 0 Å². The fourth-order valence-corrected chi connectivity index (χ4v) is 3.73. The van der Waals surface area contributed by atoms with E-state index in [1.807, 2.05) is 72.8 Å². The normalized spacial score (nSPS) is 12.6. The quantitative estimate of drug-likeness (QED) is 0.622. The third-order valence-corrected chi connectivity index (χ3v) is 5.31. The number of nitrogens with zero attached hydrogens (tertiary/aromatic N) is 3. The number of benzene rings is 2. The second-order valence-corrected chi connectivity index (χ2v) is 7.54. The standard InChI is InChI=1S/C24H27N3O3/c1-4-26(16-21-6-5-7-22-23(21)30-13-12-29-22)24(28)20-10-8-19(9-11-20)15-27-18(3)14-17(2)25-27/h5-11,14H,4,12-13,15-16H2,1-3H3. The summed E-state index contributed by atoms with van der Waals surface area (Å²) in [4.78, 5) is 14.9. The first-order chi connectivity index (χ1) is 14.5. The highest BCUT2D eigenvalue weighted by atomic mass is 16.6. The SMILES string of the molecule is CCN(Cc1cccc2c1OCCO2)C(=O)c1ccc(Cn2nc(C)cc2C)cc1. The van der Waals surface area contributed by atoms with Gasteiger partial charge in [-0.1, -0.05) is 24.3 Å². The first kappa shape index (κ1) is 20.0. The summed E-state index contributed by atoms with van der Waals surface area (Å²) in [5, 5.41) is 4.51. The van der Waals surface area contributed by atoms with Crippen LogP contribution in [0.3, 0.4) is 0 Å². The van der Waals surface area contributed by atoms with Crippen LogP contribution in [0.2, 0.25) is 0 Å². The monoisotopic (exact) mass is 405 g/mol. The molecule has 0 N–H and O–H groups in total. The van der Waals surface area contributed by atoms with Crippen molar-refractivity contribution in [1.82, 2.24) is 14.7 Å². The smallest absolute Gasteiger partial charge is 0.254 e. The van der Waals surface area contributed by atoms with E-state index in [0.29, 0.717) is 38.4 Å². The molecule has 156 valence electrons. The second-order valence-electron chi connectivity index (χ2n) is 7.54. The lowest BCUT2D eigenvalue weighted by atomic mass is 10.1. The number of ether oxygens (including phenoxy) is 2. The first-order valence-corrected chi connectivity index (χ1v) is 10.3. The molecule has 0 radical (unpaired) electrons. The average molecular weight is 405 g/mol. The number of aryl methyl sites for hydroxylation is 2. The van der Waals surface area contributed by atoms with Crippen LogP contribution in [0.1, 0.15) is 39.8 Å². The van der Waals surface area contributed by atoms with Crippen molar-refractivity contribution in [3.63, 3.8) is 0 Å². The third-order valence-electron chi connectivity index (χ3n) is 5.31. The van der Waals surface area contributed by atoms with Crippen LogP contribution in [0.25, 0.3) is 0 Å². The van der Waals surface area contributed by atoms with Gasteiger partial charge in [0.15, 0.2) is 11.5 Å². The van der Waals surface area contributed by atoms with E-state index in [4.69, 9.17) is 9.47 Å². The van der Waals surface area contributed by atoms with Crippen molar-refractivity contribution in [1.29, 1.82) is 0 Å². The van der Waals surface area contributed by atoms with Crippen molar-refractivity contribution in [2.75, 3.05) is 19.8 Å². The summed E-state index contributed by atoms with van der Waals surface area (Å²) in [6.07, 6.45) is 0. The molecule has 3 aromatic rings. The lowest BCUT2D eigenvalue weighted by Gasteiger charge is -2.25. The summed E-state index contributed by atoms with van der Waals surface area (Å²) in [6, 6.07) is 15.7.